The molecule has 60 valence electrons. The molecule has 0 aliphatic carbocycles. The molecule has 1 fully saturated rings. The first-order chi connectivity index (χ1) is 4.75. The summed E-state index contributed by atoms with van der Waals surface area (Å²) in [6, 6.07) is 0.435. The van der Waals surface area contributed by atoms with Gasteiger partial charge in [-0.3, -0.25) is 0 Å². The molecule has 0 saturated carbocycles. The summed E-state index contributed by atoms with van der Waals surface area (Å²) in [5.74, 6) is 0. The van der Waals surface area contributed by atoms with Crippen LogP contribution in [0, 0.1) is 0 Å². The quantitative estimate of drug-likeness (QED) is 0.619. The minimum absolute atomic E-state index is 0.104. The summed E-state index contributed by atoms with van der Waals surface area (Å²) in [6.45, 7) is 3.19. The third kappa shape index (κ3) is 1.50. The maximum atomic E-state index is 9.49. The lowest BCUT2D eigenvalue weighted by molar-refractivity contribution is 0.0826. The van der Waals surface area contributed by atoms with Gasteiger partial charge in [-0.2, -0.15) is 0 Å². The van der Waals surface area contributed by atoms with Gasteiger partial charge in [0.2, 0.25) is 0 Å². The van der Waals surface area contributed by atoms with E-state index in [1.165, 1.54) is 12.8 Å². The average Bonchev–Trinajstić information content (AvgIpc) is 2.34. The molecule has 1 heterocycles. The molecule has 0 aromatic rings. The fourth-order valence-electron chi connectivity index (χ4n) is 1.69. The fraction of sp³-hybridized carbons (Fsp3) is 1.00. The van der Waals surface area contributed by atoms with Gasteiger partial charge in [0.05, 0.1) is 6.10 Å². The van der Waals surface area contributed by atoms with Crippen LogP contribution in [0.1, 0.15) is 26.2 Å². The molecule has 2 atom stereocenters. The number of aliphatic hydroxyl groups excluding tert-OH is 1. The Balaban J connectivity index is 2.38. The lowest BCUT2D eigenvalue weighted by Gasteiger charge is -2.23. The van der Waals surface area contributed by atoms with Crippen LogP contribution in [-0.4, -0.2) is 35.7 Å². The van der Waals surface area contributed by atoms with Gasteiger partial charge in [0, 0.05) is 6.04 Å². The van der Waals surface area contributed by atoms with E-state index in [2.05, 4.69) is 11.9 Å². The zero-order valence-corrected chi connectivity index (χ0v) is 6.88. The summed E-state index contributed by atoms with van der Waals surface area (Å²) in [4.78, 5) is 2.26. The lowest BCUT2D eigenvalue weighted by atomic mass is 10.1. The van der Waals surface area contributed by atoms with Crippen molar-refractivity contribution in [3.05, 3.63) is 0 Å². The predicted molar refractivity (Wildman–Crippen MR) is 41.9 cm³/mol. The smallest absolute Gasteiger partial charge is 0.0692 e. The molecule has 1 rings (SSSR count). The highest BCUT2D eigenvalue weighted by atomic mass is 16.3. The molecule has 0 aromatic carbocycles. The van der Waals surface area contributed by atoms with Crippen LogP contribution in [0.5, 0.6) is 0 Å². The zero-order valence-electron chi connectivity index (χ0n) is 6.88. The van der Waals surface area contributed by atoms with Crippen LogP contribution in [-0.2, 0) is 0 Å². The molecule has 1 N–H and O–H groups in total. The van der Waals surface area contributed by atoms with E-state index in [-0.39, 0.29) is 6.10 Å². The van der Waals surface area contributed by atoms with Crippen molar-refractivity contribution in [2.75, 3.05) is 13.6 Å². The minimum atomic E-state index is -0.104. The highest BCUT2D eigenvalue weighted by Gasteiger charge is 2.26. The normalized spacial score (nSPS) is 30.9. The molecule has 2 heteroatoms. The van der Waals surface area contributed by atoms with E-state index in [0.717, 1.165) is 13.0 Å². The minimum Gasteiger partial charge on any atom is -0.392 e. The second-order valence-electron chi connectivity index (χ2n) is 3.17. The van der Waals surface area contributed by atoms with Gasteiger partial charge in [0.15, 0.2) is 0 Å². The number of likely N-dealkylation sites (N-methyl/N-ethyl adjacent to an activating group) is 1. The van der Waals surface area contributed by atoms with Crippen molar-refractivity contribution in [1.29, 1.82) is 0 Å². The third-order valence-electron chi connectivity index (χ3n) is 2.44. The van der Waals surface area contributed by atoms with E-state index >= 15 is 0 Å². The summed E-state index contributed by atoms with van der Waals surface area (Å²) >= 11 is 0. The summed E-state index contributed by atoms with van der Waals surface area (Å²) in [5, 5.41) is 9.49. The van der Waals surface area contributed by atoms with E-state index in [1.807, 2.05) is 6.92 Å². The summed E-state index contributed by atoms with van der Waals surface area (Å²) in [5.41, 5.74) is 0. The van der Waals surface area contributed by atoms with Gasteiger partial charge in [-0.25, -0.2) is 0 Å². The Kier molecular flexibility index (Phi) is 2.69. The molecule has 0 radical (unpaired) electrons. The molecular formula is C8H17NO. The zero-order chi connectivity index (χ0) is 7.56. The van der Waals surface area contributed by atoms with Crippen molar-refractivity contribution in [3.8, 4) is 0 Å². The van der Waals surface area contributed by atoms with Crippen molar-refractivity contribution in [1.82, 2.24) is 4.90 Å². The Morgan fingerprint density at radius 1 is 1.70 bits per heavy atom. The van der Waals surface area contributed by atoms with Gasteiger partial charge < -0.3 is 10.0 Å². The van der Waals surface area contributed by atoms with E-state index in [1.54, 1.807) is 0 Å². The second kappa shape index (κ2) is 3.35. The Morgan fingerprint density at radius 3 is 2.80 bits per heavy atom. The van der Waals surface area contributed by atoms with Gasteiger partial charge in [-0.05, 0) is 32.9 Å². The Morgan fingerprint density at radius 2 is 2.40 bits per heavy atom. The molecule has 1 aliphatic heterocycles. The largest absolute Gasteiger partial charge is 0.392 e. The van der Waals surface area contributed by atoms with Crippen molar-refractivity contribution in [2.24, 2.45) is 0 Å². The number of hydrogen-bond donors (Lipinski definition) is 1. The van der Waals surface area contributed by atoms with Crippen LogP contribution in [0.4, 0.5) is 0 Å². The molecule has 0 amide bonds. The van der Waals surface area contributed by atoms with Crippen molar-refractivity contribution in [2.45, 2.75) is 38.3 Å². The van der Waals surface area contributed by atoms with Crippen LogP contribution in [0.15, 0.2) is 0 Å². The molecule has 1 saturated heterocycles. The van der Waals surface area contributed by atoms with Crippen molar-refractivity contribution < 1.29 is 5.11 Å². The first-order valence-electron chi connectivity index (χ1n) is 4.14. The maximum Gasteiger partial charge on any atom is 0.0692 e. The monoisotopic (exact) mass is 143 g/mol. The van der Waals surface area contributed by atoms with Gasteiger partial charge in [0.25, 0.3) is 0 Å². The molecule has 2 unspecified atom stereocenters. The molecule has 0 spiro atoms. The van der Waals surface area contributed by atoms with Crippen LogP contribution in [0.25, 0.3) is 0 Å². The summed E-state index contributed by atoms with van der Waals surface area (Å²) < 4.78 is 0. The average molecular weight is 143 g/mol. The third-order valence-corrected chi connectivity index (χ3v) is 2.44. The SMILES string of the molecule is CCC(O)C1CCCN1C. The van der Waals surface area contributed by atoms with Crippen LogP contribution < -0.4 is 0 Å². The van der Waals surface area contributed by atoms with E-state index in [9.17, 15) is 5.11 Å². The van der Waals surface area contributed by atoms with Crippen LogP contribution in [0.3, 0.4) is 0 Å². The number of aliphatic hydroxyl groups is 1. The predicted octanol–water partition coefficient (Wildman–Crippen LogP) is 0.851. The summed E-state index contributed by atoms with van der Waals surface area (Å²) in [7, 11) is 2.09. The number of hydrogen-bond acceptors (Lipinski definition) is 2. The molecule has 0 aromatic heterocycles. The second-order valence-corrected chi connectivity index (χ2v) is 3.17. The highest BCUT2D eigenvalue weighted by molar-refractivity contribution is 4.81. The Labute approximate surface area is 62.8 Å². The highest BCUT2D eigenvalue weighted by Crippen LogP contribution is 2.19. The molecule has 1 aliphatic rings. The van der Waals surface area contributed by atoms with Gasteiger partial charge in [-0.15, -0.1) is 0 Å². The van der Waals surface area contributed by atoms with Gasteiger partial charge >= 0.3 is 0 Å². The van der Waals surface area contributed by atoms with Crippen LogP contribution >= 0.6 is 0 Å². The standard InChI is InChI=1S/C8H17NO/c1-3-8(10)7-5-4-6-9(7)2/h7-8,10H,3-6H2,1-2H3. The Hall–Kier alpha value is -0.0800. The molecule has 0 bridgehead atoms. The van der Waals surface area contributed by atoms with Gasteiger partial charge in [0.1, 0.15) is 0 Å². The number of nitrogens with zero attached hydrogens (tertiary/aromatic N) is 1. The fourth-order valence-corrected chi connectivity index (χ4v) is 1.69. The van der Waals surface area contributed by atoms with Crippen molar-refractivity contribution >= 4 is 0 Å². The summed E-state index contributed by atoms with van der Waals surface area (Å²) in [6.07, 6.45) is 3.20. The number of likely N-dealkylation sites (tertiary alicyclic amines) is 1. The van der Waals surface area contributed by atoms with Crippen molar-refractivity contribution in [3.63, 3.8) is 0 Å². The van der Waals surface area contributed by atoms with Gasteiger partial charge in [-0.1, -0.05) is 6.92 Å². The molecule has 10 heavy (non-hydrogen) atoms. The van der Waals surface area contributed by atoms with E-state index in [0.29, 0.717) is 6.04 Å². The van der Waals surface area contributed by atoms with E-state index < -0.39 is 0 Å². The van der Waals surface area contributed by atoms with Crippen LogP contribution in [0.2, 0.25) is 0 Å². The first kappa shape index (κ1) is 8.02. The first-order valence-corrected chi connectivity index (χ1v) is 4.14. The molecule has 2 nitrogen and oxygen atoms in total. The number of rotatable bonds is 2. The molecular weight excluding hydrogens is 126 g/mol. The maximum absolute atomic E-state index is 9.49. The topological polar surface area (TPSA) is 23.5 Å². The van der Waals surface area contributed by atoms with E-state index in [4.69, 9.17) is 0 Å². The Bertz CT molecular complexity index is 105. The lowest BCUT2D eigenvalue weighted by Crippen LogP contribution is -2.35.